The van der Waals surface area contributed by atoms with E-state index in [1.165, 1.54) is 17.6 Å². The first-order valence-electron chi connectivity index (χ1n) is 9.89. The third-order valence-corrected chi connectivity index (χ3v) is 5.51. The van der Waals surface area contributed by atoms with Gasteiger partial charge in [0.25, 0.3) is 0 Å². The van der Waals surface area contributed by atoms with Crippen LogP contribution in [0.2, 0.25) is 0 Å². The van der Waals surface area contributed by atoms with Gasteiger partial charge in [-0.25, -0.2) is 9.78 Å². The number of aryl methyl sites for hydroxylation is 2. The number of fused-ring (bicyclic) bond motifs is 1. The van der Waals surface area contributed by atoms with Crippen molar-refractivity contribution >= 4 is 28.3 Å². The molecule has 0 unspecified atom stereocenters. The Kier molecular flexibility index (Phi) is 5.90. The monoisotopic (exact) mass is 439 g/mol. The molecule has 0 amide bonds. The number of hydrogen-bond acceptors (Lipinski definition) is 8. The molecular formula is C23H21NO6S. The lowest BCUT2D eigenvalue weighted by atomic mass is 10.1. The Bertz CT molecular complexity index is 1300. The van der Waals surface area contributed by atoms with Crippen LogP contribution in [0.15, 0.2) is 49.5 Å². The molecule has 4 aromatic rings. The molecule has 8 heteroatoms. The summed E-state index contributed by atoms with van der Waals surface area (Å²) in [6.45, 7) is 6.01. The molecule has 0 aliphatic rings. The SMILES string of the molecule is CCOC(=O)c1ccc(COc2cc3occ(-c4csc(C)n4)c(=O)c3cc2CC)o1. The number of carbonyl (C=O) groups excluding carboxylic acids is 1. The van der Waals surface area contributed by atoms with E-state index in [0.717, 1.165) is 10.6 Å². The maximum absolute atomic E-state index is 13.0. The Labute approximate surface area is 182 Å². The number of hydrogen-bond donors (Lipinski definition) is 0. The molecule has 0 radical (unpaired) electrons. The summed E-state index contributed by atoms with van der Waals surface area (Å²) < 4.78 is 22.1. The van der Waals surface area contributed by atoms with E-state index in [4.69, 9.17) is 18.3 Å². The third kappa shape index (κ3) is 4.25. The van der Waals surface area contributed by atoms with E-state index in [1.807, 2.05) is 19.2 Å². The summed E-state index contributed by atoms with van der Waals surface area (Å²) in [6.07, 6.45) is 2.10. The highest BCUT2D eigenvalue weighted by Gasteiger charge is 2.16. The minimum atomic E-state index is -0.512. The van der Waals surface area contributed by atoms with Crippen molar-refractivity contribution in [3.8, 4) is 17.0 Å². The maximum Gasteiger partial charge on any atom is 0.374 e. The quantitative estimate of drug-likeness (QED) is 0.368. The van der Waals surface area contributed by atoms with Crippen LogP contribution in [0.5, 0.6) is 5.75 Å². The van der Waals surface area contributed by atoms with Gasteiger partial charge in [0, 0.05) is 11.4 Å². The van der Waals surface area contributed by atoms with Crippen LogP contribution in [0, 0.1) is 6.92 Å². The summed E-state index contributed by atoms with van der Waals surface area (Å²) >= 11 is 1.48. The molecule has 0 saturated heterocycles. The molecule has 0 saturated carbocycles. The highest BCUT2D eigenvalue weighted by Crippen LogP contribution is 2.28. The minimum absolute atomic E-state index is 0.123. The molecule has 0 atom stereocenters. The van der Waals surface area contributed by atoms with Gasteiger partial charge in [-0.3, -0.25) is 4.79 Å². The molecular weight excluding hydrogens is 418 g/mol. The Morgan fingerprint density at radius 1 is 1.23 bits per heavy atom. The molecule has 160 valence electrons. The topological polar surface area (TPSA) is 91.8 Å². The van der Waals surface area contributed by atoms with Gasteiger partial charge in [-0.15, -0.1) is 11.3 Å². The van der Waals surface area contributed by atoms with Gasteiger partial charge < -0.3 is 18.3 Å². The average Bonchev–Trinajstić information content (AvgIpc) is 3.41. The van der Waals surface area contributed by atoms with Gasteiger partial charge in [-0.05, 0) is 44.0 Å². The second kappa shape index (κ2) is 8.77. The first-order chi connectivity index (χ1) is 15.0. The van der Waals surface area contributed by atoms with Crippen LogP contribution in [0.4, 0.5) is 0 Å². The lowest BCUT2D eigenvalue weighted by Gasteiger charge is -2.11. The summed E-state index contributed by atoms with van der Waals surface area (Å²) in [5.74, 6) is 0.692. The van der Waals surface area contributed by atoms with Crippen LogP contribution < -0.4 is 10.2 Å². The van der Waals surface area contributed by atoms with Crippen molar-refractivity contribution in [2.24, 2.45) is 0 Å². The molecule has 0 fully saturated rings. The maximum atomic E-state index is 13.0. The average molecular weight is 439 g/mol. The van der Waals surface area contributed by atoms with Gasteiger partial charge in [0.1, 0.15) is 30.0 Å². The lowest BCUT2D eigenvalue weighted by molar-refractivity contribution is 0.0486. The second-order valence-electron chi connectivity index (χ2n) is 6.82. The summed E-state index contributed by atoms with van der Waals surface area (Å²) in [6, 6.07) is 6.73. The van der Waals surface area contributed by atoms with E-state index in [9.17, 15) is 9.59 Å². The minimum Gasteiger partial charge on any atom is -0.485 e. The van der Waals surface area contributed by atoms with E-state index in [2.05, 4.69) is 4.98 Å². The lowest BCUT2D eigenvalue weighted by Crippen LogP contribution is -2.07. The van der Waals surface area contributed by atoms with E-state index in [1.54, 1.807) is 31.2 Å². The van der Waals surface area contributed by atoms with Crippen LogP contribution in [-0.2, 0) is 17.8 Å². The number of rotatable bonds is 7. The highest BCUT2D eigenvalue weighted by molar-refractivity contribution is 7.09. The first kappa shape index (κ1) is 20.9. The van der Waals surface area contributed by atoms with E-state index in [0.29, 0.717) is 40.2 Å². The van der Waals surface area contributed by atoms with E-state index >= 15 is 0 Å². The van der Waals surface area contributed by atoms with Crippen molar-refractivity contribution in [2.45, 2.75) is 33.8 Å². The van der Waals surface area contributed by atoms with Crippen LogP contribution >= 0.6 is 11.3 Å². The van der Waals surface area contributed by atoms with Gasteiger partial charge in [-0.1, -0.05) is 6.92 Å². The molecule has 0 aliphatic carbocycles. The zero-order chi connectivity index (χ0) is 22.0. The van der Waals surface area contributed by atoms with Crippen molar-refractivity contribution in [1.82, 2.24) is 4.98 Å². The second-order valence-corrected chi connectivity index (χ2v) is 7.88. The van der Waals surface area contributed by atoms with Crippen LogP contribution in [0.3, 0.4) is 0 Å². The number of thiazole rings is 1. The van der Waals surface area contributed by atoms with Crippen LogP contribution in [-0.4, -0.2) is 17.6 Å². The van der Waals surface area contributed by atoms with Gasteiger partial charge >= 0.3 is 5.97 Å². The van der Waals surface area contributed by atoms with Crippen molar-refractivity contribution in [3.63, 3.8) is 0 Å². The molecule has 7 nitrogen and oxygen atoms in total. The summed E-state index contributed by atoms with van der Waals surface area (Å²) in [7, 11) is 0. The van der Waals surface area contributed by atoms with E-state index in [-0.39, 0.29) is 24.4 Å². The first-order valence-corrected chi connectivity index (χ1v) is 10.8. The number of nitrogens with zero attached hydrogens (tertiary/aromatic N) is 1. The predicted molar refractivity (Wildman–Crippen MR) is 117 cm³/mol. The van der Waals surface area contributed by atoms with Gasteiger partial charge in [0.15, 0.2) is 0 Å². The van der Waals surface area contributed by atoms with Gasteiger partial charge in [-0.2, -0.15) is 0 Å². The molecule has 0 bridgehead atoms. The highest BCUT2D eigenvalue weighted by atomic mass is 32.1. The number of ether oxygens (including phenoxy) is 2. The molecule has 0 aliphatic heterocycles. The van der Waals surface area contributed by atoms with Gasteiger partial charge in [0.05, 0.1) is 28.3 Å². The Hall–Kier alpha value is -3.39. The number of furan rings is 1. The van der Waals surface area contributed by atoms with Gasteiger partial charge in [0.2, 0.25) is 11.2 Å². The zero-order valence-electron chi connectivity index (χ0n) is 17.4. The normalized spacial score (nSPS) is 11.1. The van der Waals surface area contributed by atoms with Crippen molar-refractivity contribution in [2.75, 3.05) is 6.61 Å². The Morgan fingerprint density at radius 3 is 2.77 bits per heavy atom. The van der Waals surface area contributed by atoms with Crippen molar-refractivity contribution in [3.05, 3.63) is 68.2 Å². The standard InChI is InChI=1S/C23H21NO6S/c1-4-14-8-16-21(29-11-17(22(16)25)18-12-31-13(3)24-18)9-20(14)28-10-15-6-7-19(30-15)23(26)27-5-2/h6-9,11-12H,4-5,10H2,1-3H3. The fourth-order valence-corrected chi connectivity index (χ4v) is 3.81. The molecule has 1 aromatic carbocycles. The molecule has 3 aromatic heterocycles. The van der Waals surface area contributed by atoms with Crippen molar-refractivity contribution in [1.29, 1.82) is 0 Å². The summed E-state index contributed by atoms with van der Waals surface area (Å²) in [5.41, 5.74) is 2.22. The number of esters is 1. The van der Waals surface area contributed by atoms with Crippen LogP contribution in [0.25, 0.3) is 22.2 Å². The smallest absolute Gasteiger partial charge is 0.374 e. The fourth-order valence-electron chi connectivity index (χ4n) is 3.19. The Morgan fingerprint density at radius 2 is 2.06 bits per heavy atom. The molecule has 31 heavy (non-hydrogen) atoms. The fraction of sp³-hybridized carbons (Fsp3) is 0.261. The predicted octanol–water partition coefficient (Wildman–Crippen LogP) is 5.14. The van der Waals surface area contributed by atoms with Crippen molar-refractivity contribution < 1.29 is 23.1 Å². The van der Waals surface area contributed by atoms with E-state index < -0.39 is 5.97 Å². The number of aromatic nitrogens is 1. The summed E-state index contributed by atoms with van der Waals surface area (Å²) in [4.78, 5) is 29.1. The third-order valence-electron chi connectivity index (χ3n) is 4.74. The number of carbonyl (C=O) groups is 1. The molecule has 3 heterocycles. The molecule has 4 rings (SSSR count). The zero-order valence-corrected chi connectivity index (χ0v) is 18.2. The van der Waals surface area contributed by atoms with Crippen LogP contribution in [0.1, 0.15) is 40.7 Å². The largest absolute Gasteiger partial charge is 0.485 e. The summed E-state index contributed by atoms with van der Waals surface area (Å²) in [5, 5.41) is 3.21. The number of benzene rings is 1. The Balaban J connectivity index is 1.61. The molecule has 0 N–H and O–H groups in total. The molecule has 0 spiro atoms.